The lowest BCUT2D eigenvalue weighted by Gasteiger charge is -2.02. The average Bonchev–Trinajstić information content (AvgIpc) is 2.68. The third-order valence-electron chi connectivity index (χ3n) is 2.10. The number of rotatable bonds is 4. The zero-order chi connectivity index (χ0) is 10.7. The van der Waals surface area contributed by atoms with Crippen molar-refractivity contribution in [1.29, 1.82) is 0 Å². The Morgan fingerprint density at radius 3 is 3.00 bits per heavy atom. The Morgan fingerprint density at radius 2 is 2.27 bits per heavy atom. The number of hydrogen-bond donors (Lipinski definition) is 0. The molecule has 1 aromatic carbocycles. The summed E-state index contributed by atoms with van der Waals surface area (Å²) in [6.45, 7) is 2.75. The van der Waals surface area contributed by atoms with Crippen molar-refractivity contribution in [2.75, 3.05) is 6.61 Å². The standard InChI is InChI=1S/C12H12O3/c1-2-5-14-10-3-4-12-9(6-10)7-11(8-13)15-12/h3-4,6-8H,2,5H2,1H3. The van der Waals surface area contributed by atoms with E-state index in [0.717, 1.165) is 17.6 Å². The van der Waals surface area contributed by atoms with Crippen LogP contribution in [0.3, 0.4) is 0 Å². The van der Waals surface area contributed by atoms with Crippen molar-refractivity contribution >= 4 is 17.3 Å². The molecule has 0 bridgehead atoms. The van der Waals surface area contributed by atoms with Crippen molar-refractivity contribution in [3.05, 3.63) is 30.0 Å². The Hall–Kier alpha value is -1.77. The molecule has 2 rings (SSSR count). The largest absolute Gasteiger partial charge is 0.494 e. The van der Waals surface area contributed by atoms with Gasteiger partial charge in [-0.25, -0.2) is 0 Å². The number of furan rings is 1. The zero-order valence-electron chi connectivity index (χ0n) is 8.53. The molecule has 2 aromatic rings. The van der Waals surface area contributed by atoms with Gasteiger partial charge in [0.15, 0.2) is 12.0 Å². The molecule has 3 heteroatoms. The number of hydrogen-bond acceptors (Lipinski definition) is 3. The molecule has 3 nitrogen and oxygen atoms in total. The molecule has 78 valence electrons. The lowest BCUT2D eigenvalue weighted by atomic mass is 10.2. The van der Waals surface area contributed by atoms with Gasteiger partial charge in [-0.15, -0.1) is 0 Å². The van der Waals surface area contributed by atoms with E-state index in [1.807, 2.05) is 18.2 Å². The summed E-state index contributed by atoms with van der Waals surface area (Å²) in [6.07, 6.45) is 1.68. The molecule has 0 spiro atoms. The summed E-state index contributed by atoms with van der Waals surface area (Å²) in [5, 5.41) is 0.894. The molecule has 1 heterocycles. The predicted octanol–water partition coefficient (Wildman–Crippen LogP) is 3.03. The van der Waals surface area contributed by atoms with Gasteiger partial charge in [-0.1, -0.05) is 6.92 Å². The van der Waals surface area contributed by atoms with Crippen LogP contribution in [0.4, 0.5) is 0 Å². The van der Waals surface area contributed by atoms with Crippen molar-refractivity contribution in [3.63, 3.8) is 0 Å². The molecule has 0 amide bonds. The number of ether oxygens (including phenoxy) is 1. The molecule has 0 aliphatic carbocycles. The van der Waals surface area contributed by atoms with Gasteiger partial charge in [0.05, 0.1) is 6.61 Å². The van der Waals surface area contributed by atoms with Crippen LogP contribution in [0.15, 0.2) is 28.7 Å². The molecule has 0 radical (unpaired) electrons. The molecule has 1 aromatic heterocycles. The average molecular weight is 204 g/mol. The van der Waals surface area contributed by atoms with E-state index in [-0.39, 0.29) is 0 Å². The Labute approximate surface area is 87.6 Å². The lowest BCUT2D eigenvalue weighted by molar-refractivity contribution is 0.110. The summed E-state index contributed by atoms with van der Waals surface area (Å²) in [4.78, 5) is 10.5. The van der Waals surface area contributed by atoms with E-state index in [9.17, 15) is 4.79 Å². The normalized spacial score (nSPS) is 10.5. The first-order chi connectivity index (χ1) is 7.33. The first-order valence-electron chi connectivity index (χ1n) is 4.95. The quantitative estimate of drug-likeness (QED) is 0.718. The van der Waals surface area contributed by atoms with Gasteiger partial charge < -0.3 is 9.15 Å². The molecular weight excluding hydrogens is 192 g/mol. The maximum absolute atomic E-state index is 10.5. The first-order valence-corrected chi connectivity index (χ1v) is 4.95. The van der Waals surface area contributed by atoms with Gasteiger partial charge in [0.1, 0.15) is 11.3 Å². The fourth-order valence-electron chi connectivity index (χ4n) is 1.41. The first kappa shape index (κ1) is 9.77. The molecule has 0 saturated heterocycles. The Bertz CT molecular complexity index is 471. The summed E-state index contributed by atoms with van der Waals surface area (Å²) in [7, 11) is 0. The Morgan fingerprint density at radius 1 is 1.40 bits per heavy atom. The molecule has 15 heavy (non-hydrogen) atoms. The highest BCUT2D eigenvalue weighted by atomic mass is 16.5. The second kappa shape index (κ2) is 4.17. The maximum Gasteiger partial charge on any atom is 0.185 e. The summed E-state index contributed by atoms with van der Waals surface area (Å²) in [5.41, 5.74) is 0.709. The topological polar surface area (TPSA) is 39.4 Å². The minimum atomic E-state index is 0.345. The van der Waals surface area contributed by atoms with Crippen LogP contribution >= 0.6 is 0 Å². The van der Waals surface area contributed by atoms with Crippen LogP contribution < -0.4 is 4.74 Å². The van der Waals surface area contributed by atoms with Crippen molar-refractivity contribution in [2.24, 2.45) is 0 Å². The predicted molar refractivity (Wildman–Crippen MR) is 57.4 cm³/mol. The third-order valence-corrected chi connectivity index (χ3v) is 2.10. The lowest BCUT2D eigenvalue weighted by Crippen LogP contribution is -1.93. The van der Waals surface area contributed by atoms with Crippen LogP contribution in [-0.4, -0.2) is 12.9 Å². The van der Waals surface area contributed by atoms with Crippen LogP contribution in [0, 0.1) is 0 Å². The third kappa shape index (κ3) is 2.01. The van der Waals surface area contributed by atoms with E-state index in [0.29, 0.717) is 24.2 Å². The highest BCUT2D eigenvalue weighted by molar-refractivity contribution is 5.85. The summed E-state index contributed by atoms with van der Waals surface area (Å²) >= 11 is 0. The SMILES string of the molecule is CCCOc1ccc2oc(C=O)cc2c1. The van der Waals surface area contributed by atoms with Crippen LogP contribution in [0.5, 0.6) is 5.75 Å². The molecule has 0 aliphatic rings. The highest BCUT2D eigenvalue weighted by Crippen LogP contribution is 2.23. The Balaban J connectivity index is 2.33. The van der Waals surface area contributed by atoms with Crippen molar-refractivity contribution < 1.29 is 13.9 Å². The zero-order valence-corrected chi connectivity index (χ0v) is 8.53. The molecule has 0 N–H and O–H groups in total. The van der Waals surface area contributed by atoms with Gasteiger partial charge >= 0.3 is 0 Å². The minimum Gasteiger partial charge on any atom is -0.494 e. The van der Waals surface area contributed by atoms with E-state index < -0.39 is 0 Å². The minimum absolute atomic E-state index is 0.345. The molecule has 0 aliphatic heterocycles. The molecule has 0 unspecified atom stereocenters. The summed E-state index contributed by atoms with van der Waals surface area (Å²) in [6, 6.07) is 7.24. The molecule has 0 fully saturated rings. The van der Waals surface area contributed by atoms with Crippen LogP contribution in [0.2, 0.25) is 0 Å². The fourth-order valence-corrected chi connectivity index (χ4v) is 1.41. The maximum atomic E-state index is 10.5. The smallest absolute Gasteiger partial charge is 0.185 e. The summed E-state index contributed by atoms with van der Waals surface area (Å²) in [5.74, 6) is 1.15. The number of carbonyl (C=O) groups is 1. The van der Waals surface area contributed by atoms with Gasteiger partial charge in [-0.2, -0.15) is 0 Å². The van der Waals surface area contributed by atoms with E-state index in [1.54, 1.807) is 6.07 Å². The van der Waals surface area contributed by atoms with Gasteiger partial charge in [0.25, 0.3) is 0 Å². The van der Waals surface area contributed by atoms with Crippen molar-refractivity contribution in [2.45, 2.75) is 13.3 Å². The monoisotopic (exact) mass is 204 g/mol. The number of benzene rings is 1. The van der Waals surface area contributed by atoms with Crippen LogP contribution in [0.1, 0.15) is 23.9 Å². The second-order valence-corrected chi connectivity index (χ2v) is 3.31. The van der Waals surface area contributed by atoms with Crippen molar-refractivity contribution in [1.82, 2.24) is 0 Å². The van der Waals surface area contributed by atoms with E-state index >= 15 is 0 Å². The molecule has 0 atom stereocenters. The van der Waals surface area contributed by atoms with Crippen molar-refractivity contribution in [3.8, 4) is 5.75 Å². The van der Waals surface area contributed by atoms with Gasteiger partial charge in [0, 0.05) is 5.39 Å². The van der Waals surface area contributed by atoms with Crippen LogP contribution in [-0.2, 0) is 0 Å². The van der Waals surface area contributed by atoms with E-state index in [2.05, 4.69) is 6.92 Å². The highest BCUT2D eigenvalue weighted by Gasteiger charge is 2.03. The molecule has 0 saturated carbocycles. The van der Waals surface area contributed by atoms with Gasteiger partial charge in [-0.3, -0.25) is 4.79 Å². The van der Waals surface area contributed by atoms with E-state index in [1.165, 1.54) is 0 Å². The van der Waals surface area contributed by atoms with Gasteiger partial charge in [0.2, 0.25) is 0 Å². The van der Waals surface area contributed by atoms with E-state index in [4.69, 9.17) is 9.15 Å². The Kier molecular flexibility index (Phi) is 2.72. The summed E-state index contributed by atoms with van der Waals surface area (Å²) < 4.78 is 10.7. The van der Waals surface area contributed by atoms with Gasteiger partial charge in [-0.05, 0) is 30.7 Å². The van der Waals surface area contributed by atoms with Crippen LogP contribution in [0.25, 0.3) is 11.0 Å². The molecular formula is C12H12O3. The number of carbonyl (C=O) groups excluding carboxylic acids is 1. The second-order valence-electron chi connectivity index (χ2n) is 3.31. The number of aldehydes is 1. The number of fused-ring (bicyclic) bond motifs is 1. The fraction of sp³-hybridized carbons (Fsp3) is 0.250.